The van der Waals surface area contributed by atoms with Crippen LogP contribution in [0, 0.1) is 0 Å². The van der Waals surface area contributed by atoms with Gasteiger partial charge in [-0.05, 0) is 29.8 Å². The fourth-order valence-electron chi connectivity index (χ4n) is 3.17. The third kappa shape index (κ3) is 5.86. The highest BCUT2D eigenvalue weighted by Crippen LogP contribution is 2.45. The van der Waals surface area contributed by atoms with E-state index in [2.05, 4.69) is 47.8 Å². The number of ether oxygens (including phenoxy) is 1. The number of hydrogen-bond donors (Lipinski definition) is 0. The number of ketones is 1. The summed E-state index contributed by atoms with van der Waals surface area (Å²) in [6, 6.07) is 24.8. The lowest BCUT2D eigenvalue weighted by atomic mass is 9.88. The number of esters is 1. The Hall–Kier alpha value is -1.47. The molecular weight excluding hydrogens is 611 g/mol. The highest BCUT2D eigenvalue weighted by atomic mass is 79.9. The molecule has 0 aliphatic heterocycles. The van der Waals surface area contributed by atoms with Gasteiger partial charge >= 0.3 is 5.97 Å². The van der Waals surface area contributed by atoms with Crippen molar-refractivity contribution < 1.29 is 14.3 Å². The van der Waals surface area contributed by atoms with Gasteiger partial charge in [-0.15, -0.1) is 0 Å². The van der Waals surface area contributed by atoms with Gasteiger partial charge in [0.05, 0.1) is 5.56 Å². The number of carbonyl (C=O) groups excluding carboxylic acids is 2. The Kier molecular flexibility index (Phi) is 8.14. The van der Waals surface area contributed by atoms with Crippen LogP contribution in [-0.2, 0) is 10.3 Å². The molecule has 7 heteroatoms. The zero-order valence-corrected chi connectivity index (χ0v) is 21.7. The molecule has 0 saturated carbocycles. The molecule has 0 aliphatic carbocycles. The maximum atomic E-state index is 13.2. The summed E-state index contributed by atoms with van der Waals surface area (Å²) in [6.45, 7) is 0. The number of Topliss-reactive ketones (excluding diaryl/α,β-unsaturated/α-hetero) is 1. The maximum Gasteiger partial charge on any atom is 0.339 e. The van der Waals surface area contributed by atoms with Gasteiger partial charge in [0.2, 0.25) is 0 Å². The topological polar surface area (TPSA) is 43.4 Å². The van der Waals surface area contributed by atoms with Gasteiger partial charge in [0.25, 0.3) is 0 Å². The lowest BCUT2D eigenvalue weighted by Gasteiger charge is -2.37. The van der Waals surface area contributed by atoms with E-state index in [-0.39, 0.29) is 17.5 Å². The molecule has 0 fully saturated rings. The van der Waals surface area contributed by atoms with Gasteiger partial charge in [-0.2, -0.15) is 0 Å². The van der Waals surface area contributed by atoms with Crippen molar-refractivity contribution in [3.05, 3.63) is 107 Å². The molecule has 0 amide bonds. The first-order chi connectivity index (χ1) is 14.8. The average Bonchev–Trinajstić information content (AvgIpc) is 2.79. The molecule has 0 saturated heterocycles. The summed E-state index contributed by atoms with van der Waals surface area (Å²) in [5.41, 5.74) is 0.430. The van der Waals surface area contributed by atoms with E-state index in [9.17, 15) is 9.59 Å². The smallest absolute Gasteiger partial charge is 0.339 e. The normalized spacial score (nSPS) is 13.3. The summed E-state index contributed by atoms with van der Waals surface area (Å²) in [4.78, 5) is 26.3. The summed E-state index contributed by atoms with van der Waals surface area (Å²) in [5, 5.41) is 0.752. The molecular formula is C24H18Br3ClO3. The Bertz CT molecular complexity index is 1060. The Balaban J connectivity index is 2.02. The van der Waals surface area contributed by atoms with E-state index in [1.165, 1.54) is 0 Å². The van der Waals surface area contributed by atoms with Crippen molar-refractivity contribution in [1.29, 1.82) is 0 Å². The minimum atomic E-state index is -1.19. The zero-order chi connectivity index (χ0) is 22.5. The SMILES string of the molecule is O=C(OC(CBr)(CC(Br)(Br)C(=O)c1ccccc1)c1cccc(Cl)c1)c1ccccc1. The Morgan fingerprint density at radius 3 is 1.97 bits per heavy atom. The van der Waals surface area contributed by atoms with Crippen molar-refractivity contribution in [1.82, 2.24) is 0 Å². The van der Waals surface area contributed by atoms with Gasteiger partial charge in [-0.3, -0.25) is 4.79 Å². The van der Waals surface area contributed by atoms with E-state index >= 15 is 0 Å². The number of rotatable bonds is 8. The number of hydrogen-bond acceptors (Lipinski definition) is 3. The van der Waals surface area contributed by atoms with E-state index < -0.39 is 14.8 Å². The zero-order valence-electron chi connectivity index (χ0n) is 16.2. The van der Waals surface area contributed by atoms with Crippen molar-refractivity contribution in [3.8, 4) is 0 Å². The molecule has 1 unspecified atom stereocenters. The van der Waals surface area contributed by atoms with Crippen LogP contribution in [0.3, 0.4) is 0 Å². The molecule has 3 aromatic carbocycles. The number of carbonyl (C=O) groups is 2. The van der Waals surface area contributed by atoms with Crippen LogP contribution in [0.1, 0.15) is 32.7 Å². The first-order valence-electron chi connectivity index (χ1n) is 9.35. The second-order valence-corrected chi connectivity index (χ2v) is 11.7. The van der Waals surface area contributed by atoms with E-state index in [0.29, 0.717) is 21.7 Å². The molecule has 0 bridgehead atoms. The van der Waals surface area contributed by atoms with Crippen LogP contribution in [0.15, 0.2) is 84.9 Å². The van der Waals surface area contributed by atoms with Crippen molar-refractivity contribution in [2.24, 2.45) is 0 Å². The van der Waals surface area contributed by atoms with E-state index in [1.807, 2.05) is 18.2 Å². The van der Waals surface area contributed by atoms with Gasteiger partial charge in [-0.1, -0.05) is 120 Å². The lowest BCUT2D eigenvalue weighted by Crippen LogP contribution is -2.42. The number of alkyl halides is 3. The first kappa shape index (κ1) is 24.2. The van der Waals surface area contributed by atoms with Crippen molar-refractivity contribution >= 4 is 71.1 Å². The van der Waals surface area contributed by atoms with Crippen molar-refractivity contribution in [2.75, 3.05) is 5.33 Å². The Labute approximate surface area is 211 Å². The quantitative estimate of drug-likeness (QED) is 0.147. The molecule has 0 aromatic heterocycles. The molecule has 31 heavy (non-hydrogen) atoms. The Morgan fingerprint density at radius 2 is 1.42 bits per heavy atom. The third-order valence-corrected chi connectivity index (χ3v) is 7.16. The number of benzene rings is 3. The predicted molar refractivity (Wildman–Crippen MR) is 135 cm³/mol. The molecule has 3 aromatic rings. The summed E-state index contributed by atoms with van der Waals surface area (Å²) in [6.07, 6.45) is 0.109. The molecule has 0 radical (unpaired) electrons. The van der Waals surface area contributed by atoms with Crippen LogP contribution < -0.4 is 0 Å². The van der Waals surface area contributed by atoms with Gasteiger partial charge in [0.15, 0.2) is 5.78 Å². The van der Waals surface area contributed by atoms with Gasteiger partial charge in [0, 0.05) is 22.3 Å². The van der Waals surface area contributed by atoms with Crippen LogP contribution in [0.25, 0.3) is 0 Å². The molecule has 0 N–H and O–H groups in total. The number of halogens is 4. The van der Waals surface area contributed by atoms with E-state index in [0.717, 1.165) is 0 Å². The molecule has 3 rings (SSSR count). The minimum absolute atomic E-state index is 0.109. The fraction of sp³-hybridized carbons (Fsp3) is 0.167. The third-order valence-electron chi connectivity index (χ3n) is 4.74. The highest BCUT2D eigenvalue weighted by molar-refractivity contribution is 9.26. The summed E-state index contributed by atoms with van der Waals surface area (Å²) < 4.78 is 4.89. The average molecular weight is 630 g/mol. The lowest BCUT2D eigenvalue weighted by molar-refractivity contribution is -0.0136. The van der Waals surface area contributed by atoms with Crippen molar-refractivity contribution in [2.45, 2.75) is 15.3 Å². The van der Waals surface area contributed by atoms with Crippen LogP contribution in [0.4, 0.5) is 0 Å². The molecule has 0 aliphatic rings. The Morgan fingerprint density at radius 1 is 0.839 bits per heavy atom. The molecule has 160 valence electrons. The largest absolute Gasteiger partial charge is 0.450 e. The summed E-state index contributed by atoms with van der Waals surface area (Å²) in [7, 11) is 0. The van der Waals surface area contributed by atoms with Gasteiger partial charge in [0.1, 0.15) is 8.83 Å². The second-order valence-electron chi connectivity index (χ2n) is 6.97. The first-order valence-corrected chi connectivity index (χ1v) is 12.4. The van der Waals surface area contributed by atoms with Crippen LogP contribution in [0.5, 0.6) is 0 Å². The summed E-state index contributed by atoms with van der Waals surface area (Å²) >= 11 is 16.9. The van der Waals surface area contributed by atoms with Crippen molar-refractivity contribution in [3.63, 3.8) is 0 Å². The van der Waals surface area contributed by atoms with Crippen LogP contribution in [0.2, 0.25) is 5.02 Å². The van der Waals surface area contributed by atoms with Crippen LogP contribution in [-0.4, -0.2) is 20.3 Å². The van der Waals surface area contributed by atoms with E-state index in [1.54, 1.807) is 66.7 Å². The van der Waals surface area contributed by atoms with Crippen LogP contribution >= 0.6 is 59.4 Å². The minimum Gasteiger partial charge on any atom is -0.450 e. The van der Waals surface area contributed by atoms with E-state index in [4.69, 9.17) is 16.3 Å². The molecule has 3 nitrogen and oxygen atoms in total. The fourth-order valence-corrected chi connectivity index (χ4v) is 5.36. The standard InChI is InChI=1S/C24H18Br3ClO3/c25-16-23(19-12-7-13-20(28)14-19,31-22(30)18-10-5-2-6-11-18)15-24(26,27)21(29)17-8-3-1-4-9-17/h1-14H,15-16H2. The molecule has 0 spiro atoms. The summed E-state index contributed by atoms with van der Waals surface area (Å²) in [5.74, 6) is -0.681. The van der Waals surface area contributed by atoms with Gasteiger partial charge in [-0.25, -0.2) is 4.79 Å². The van der Waals surface area contributed by atoms with Gasteiger partial charge < -0.3 is 4.74 Å². The predicted octanol–water partition coefficient (Wildman–Crippen LogP) is 7.55. The monoisotopic (exact) mass is 626 g/mol. The second kappa shape index (κ2) is 10.4. The molecule has 0 heterocycles. The maximum absolute atomic E-state index is 13.2. The highest BCUT2D eigenvalue weighted by Gasteiger charge is 2.46. The molecule has 1 atom stereocenters.